The summed E-state index contributed by atoms with van der Waals surface area (Å²) >= 11 is 0.976. The van der Waals surface area contributed by atoms with Gasteiger partial charge in [-0.1, -0.05) is 13.8 Å². The highest BCUT2D eigenvalue weighted by Gasteiger charge is 2.19. The molecule has 0 saturated carbocycles. The van der Waals surface area contributed by atoms with E-state index >= 15 is 0 Å². The van der Waals surface area contributed by atoms with E-state index in [1.165, 1.54) is 12.5 Å². The summed E-state index contributed by atoms with van der Waals surface area (Å²) < 4.78 is 17.7. The van der Waals surface area contributed by atoms with Crippen molar-refractivity contribution in [1.82, 2.24) is 8.75 Å². The molecule has 0 N–H and O–H groups in total. The molecule has 0 unspecified atom stereocenters. The molecule has 0 aliphatic heterocycles. The molecule has 0 fully saturated rings. The van der Waals surface area contributed by atoms with E-state index in [-0.39, 0.29) is 5.69 Å². The zero-order valence-corrected chi connectivity index (χ0v) is 10.8. The molecule has 0 spiro atoms. The van der Waals surface area contributed by atoms with Crippen LogP contribution >= 0.6 is 11.7 Å². The van der Waals surface area contributed by atoms with Crippen LogP contribution in [0, 0.1) is 0 Å². The summed E-state index contributed by atoms with van der Waals surface area (Å²) in [6, 6.07) is 1.72. The molecule has 2 rings (SSSR count). The molecule has 6 heteroatoms. The number of carbonyl (C=O) groups is 1. The van der Waals surface area contributed by atoms with Crippen LogP contribution in [0.5, 0.6) is 0 Å². The van der Waals surface area contributed by atoms with Gasteiger partial charge in [-0.25, -0.2) is 4.79 Å². The van der Waals surface area contributed by atoms with Crippen LogP contribution in [0.3, 0.4) is 0 Å². The third kappa shape index (κ3) is 3.13. The molecule has 0 aliphatic rings. The first kappa shape index (κ1) is 13.4. The van der Waals surface area contributed by atoms with Crippen molar-refractivity contribution in [3.8, 4) is 11.3 Å². The van der Waals surface area contributed by atoms with E-state index in [9.17, 15) is 4.79 Å². The van der Waals surface area contributed by atoms with Gasteiger partial charge in [-0.2, -0.15) is 8.75 Å². The first-order chi connectivity index (χ1) is 8.33. The first-order valence-electron chi connectivity index (χ1n) is 5.35. The first-order valence-corrected chi connectivity index (χ1v) is 6.08. The van der Waals surface area contributed by atoms with Crippen LogP contribution in [0.25, 0.3) is 11.3 Å². The van der Waals surface area contributed by atoms with Gasteiger partial charge >= 0.3 is 5.97 Å². The Morgan fingerprint density at radius 1 is 1.47 bits per heavy atom. The number of furan rings is 1. The van der Waals surface area contributed by atoms with Crippen molar-refractivity contribution in [2.24, 2.45) is 0 Å². The largest absolute Gasteiger partial charge is 0.472 e. The van der Waals surface area contributed by atoms with E-state index in [4.69, 9.17) is 9.15 Å². The molecule has 2 heterocycles. The maximum Gasteiger partial charge on any atom is 0.360 e. The highest BCUT2D eigenvalue weighted by atomic mass is 32.1. The second-order valence-electron chi connectivity index (χ2n) is 2.69. The maximum absolute atomic E-state index is 11.5. The van der Waals surface area contributed by atoms with Crippen LogP contribution in [0.4, 0.5) is 0 Å². The van der Waals surface area contributed by atoms with Gasteiger partial charge in [-0.3, -0.25) is 0 Å². The normalized spacial score (nSPS) is 9.35. The Morgan fingerprint density at radius 2 is 2.24 bits per heavy atom. The smallest absolute Gasteiger partial charge is 0.360 e. The Bertz CT molecular complexity index is 451. The Kier molecular flexibility index (Phi) is 5.35. The van der Waals surface area contributed by atoms with Crippen molar-refractivity contribution in [1.29, 1.82) is 0 Å². The topological polar surface area (TPSA) is 65.2 Å². The fourth-order valence-electron chi connectivity index (χ4n) is 1.11. The molecular formula is C11H14N2O3S. The predicted octanol–water partition coefficient (Wildman–Crippen LogP) is 3.00. The molecule has 0 amide bonds. The molecule has 2 aromatic rings. The lowest BCUT2D eigenvalue weighted by Crippen LogP contribution is -2.06. The monoisotopic (exact) mass is 254 g/mol. The Hall–Kier alpha value is -1.69. The van der Waals surface area contributed by atoms with Crippen molar-refractivity contribution in [3.63, 3.8) is 0 Å². The van der Waals surface area contributed by atoms with Crippen LogP contribution in [0.2, 0.25) is 0 Å². The number of nitrogens with zero attached hydrogens (tertiary/aromatic N) is 2. The van der Waals surface area contributed by atoms with Gasteiger partial charge in [-0.05, 0) is 13.0 Å². The predicted molar refractivity (Wildman–Crippen MR) is 64.9 cm³/mol. The molecule has 0 aromatic carbocycles. The second kappa shape index (κ2) is 6.80. The molecule has 17 heavy (non-hydrogen) atoms. The van der Waals surface area contributed by atoms with E-state index in [2.05, 4.69) is 8.75 Å². The van der Waals surface area contributed by atoms with Crippen molar-refractivity contribution in [2.45, 2.75) is 20.8 Å². The Labute approximate surface area is 104 Å². The molecule has 0 saturated heterocycles. The highest BCUT2D eigenvalue weighted by molar-refractivity contribution is 6.99. The van der Waals surface area contributed by atoms with Crippen LogP contribution < -0.4 is 0 Å². The molecule has 0 atom stereocenters. The lowest BCUT2D eigenvalue weighted by Gasteiger charge is -1.98. The van der Waals surface area contributed by atoms with Crippen molar-refractivity contribution in [2.75, 3.05) is 6.61 Å². The molecule has 5 nitrogen and oxygen atoms in total. The Morgan fingerprint density at radius 3 is 2.82 bits per heavy atom. The maximum atomic E-state index is 11.5. The van der Waals surface area contributed by atoms with E-state index in [0.29, 0.717) is 12.3 Å². The number of rotatable bonds is 3. The SMILES string of the molecule is CC.CCOC(=O)c1nsnc1-c1ccoc1. The zero-order valence-electron chi connectivity index (χ0n) is 9.97. The van der Waals surface area contributed by atoms with Gasteiger partial charge in [0.15, 0.2) is 5.69 Å². The van der Waals surface area contributed by atoms with Gasteiger partial charge in [0.05, 0.1) is 30.9 Å². The minimum atomic E-state index is -0.456. The van der Waals surface area contributed by atoms with Gasteiger partial charge in [0, 0.05) is 5.56 Å². The lowest BCUT2D eigenvalue weighted by molar-refractivity contribution is 0.0521. The number of hydrogen-bond donors (Lipinski definition) is 0. The lowest BCUT2D eigenvalue weighted by atomic mass is 10.2. The summed E-state index contributed by atoms with van der Waals surface area (Å²) in [6.45, 7) is 6.07. The van der Waals surface area contributed by atoms with Crippen LogP contribution in [0.15, 0.2) is 23.0 Å². The van der Waals surface area contributed by atoms with E-state index in [1.54, 1.807) is 13.0 Å². The van der Waals surface area contributed by atoms with Gasteiger partial charge in [0.2, 0.25) is 0 Å². The molecular weight excluding hydrogens is 240 g/mol. The number of aromatic nitrogens is 2. The summed E-state index contributed by atoms with van der Waals surface area (Å²) in [5.41, 5.74) is 1.47. The van der Waals surface area contributed by atoms with Crippen LogP contribution in [-0.2, 0) is 4.74 Å². The zero-order chi connectivity index (χ0) is 12.7. The van der Waals surface area contributed by atoms with E-state index < -0.39 is 5.97 Å². The number of ether oxygens (including phenoxy) is 1. The average Bonchev–Trinajstić information content (AvgIpc) is 3.02. The average molecular weight is 254 g/mol. The summed E-state index contributed by atoms with van der Waals surface area (Å²) in [6.07, 6.45) is 3.03. The van der Waals surface area contributed by atoms with Gasteiger partial charge in [0.25, 0.3) is 0 Å². The summed E-state index contributed by atoms with van der Waals surface area (Å²) in [7, 11) is 0. The summed E-state index contributed by atoms with van der Waals surface area (Å²) in [5.74, 6) is -0.456. The highest BCUT2D eigenvalue weighted by Crippen LogP contribution is 2.22. The third-order valence-electron chi connectivity index (χ3n) is 1.75. The van der Waals surface area contributed by atoms with E-state index in [0.717, 1.165) is 17.3 Å². The molecule has 0 aliphatic carbocycles. The van der Waals surface area contributed by atoms with Gasteiger partial charge in [0.1, 0.15) is 5.69 Å². The van der Waals surface area contributed by atoms with Crippen LogP contribution in [-0.4, -0.2) is 21.3 Å². The second-order valence-corrected chi connectivity index (χ2v) is 3.22. The van der Waals surface area contributed by atoms with Crippen molar-refractivity contribution >= 4 is 17.7 Å². The van der Waals surface area contributed by atoms with Gasteiger partial charge < -0.3 is 9.15 Å². The fourth-order valence-corrected chi connectivity index (χ4v) is 1.67. The third-order valence-corrected chi connectivity index (χ3v) is 2.28. The van der Waals surface area contributed by atoms with Gasteiger partial charge in [-0.15, -0.1) is 0 Å². The fraction of sp³-hybridized carbons (Fsp3) is 0.364. The summed E-state index contributed by atoms with van der Waals surface area (Å²) in [5, 5.41) is 0. The number of esters is 1. The quantitative estimate of drug-likeness (QED) is 0.788. The molecule has 92 valence electrons. The Balaban J connectivity index is 0.000000686. The van der Waals surface area contributed by atoms with Crippen molar-refractivity contribution in [3.05, 3.63) is 24.3 Å². The number of hydrogen-bond acceptors (Lipinski definition) is 6. The minimum Gasteiger partial charge on any atom is -0.472 e. The standard InChI is InChI=1S/C9H8N2O3S.C2H6/c1-2-14-9(12)8-7(10-15-11-8)6-3-4-13-5-6;1-2/h3-5H,2H2,1H3;1-2H3. The number of carbonyl (C=O) groups excluding carboxylic acids is 1. The minimum absolute atomic E-state index is 0.239. The van der Waals surface area contributed by atoms with Crippen molar-refractivity contribution < 1.29 is 13.9 Å². The van der Waals surface area contributed by atoms with Crippen LogP contribution in [0.1, 0.15) is 31.3 Å². The van der Waals surface area contributed by atoms with E-state index in [1.807, 2.05) is 13.8 Å². The molecule has 0 radical (unpaired) electrons. The summed E-state index contributed by atoms with van der Waals surface area (Å²) in [4.78, 5) is 11.5. The molecule has 0 bridgehead atoms. The molecule has 2 aromatic heterocycles.